The van der Waals surface area contributed by atoms with Gasteiger partial charge in [-0.25, -0.2) is 4.99 Å². The van der Waals surface area contributed by atoms with E-state index in [4.69, 9.17) is 0 Å². The first kappa shape index (κ1) is 21.2. The zero-order valence-electron chi connectivity index (χ0n) is 17.1. The number of hydrogen-bond acceptors (Lipinski definition) is 3. The van der Waals surface area contributed by atoms with E-state index < -0.39 is 0 Å². The summed E-state index contributed by atoms with van der Waals surface area (Å²) < 4.78 is 0. The van der Waals surface area contributed by atoms with Gasteiger partial charge < -0.3 is 15.5 Å². The molecule has 0 unspecified atom stereocenters. The Morgan fingerprint density at radius 3 is 2.67 bits per heavy atom. The van der Waals surface area contributed by atoms with E-state index >= 15 is 0 Å². The first-order valence-corrected chi connectivity index (χ1v) is 10.2. The molecule has 0 radical (unpaired) electrons. The van der Waals surface area contributed by atoms with Gasteiger partial charge in [0.25, 0.3) is 0 Å². The molecule has 150 valence electrons. The van der Waals surface area contributed by atoms with Crippen LogP contribution >= 0.6 is 0 Å². The number of guanidine groups is 1. The van der Waals surface area contributed by atoms with Crippen LogP contribution in [0.2, 0.25) is 0 Å². The van der Waals surface area contributed by atoms with Gasteiger partial charge in [-0.2, -0.15) is 0 Å². The second-order valence-corrected chi connectivity index (χ2v) is 7.50. The van der Waals surface area contributed by atoms with Crippen LogP contribution in [0.4, 0.5) is 0 Å². The molecule has 0 spiro atoms. The van der Waals surface area contributed by atoms with Crippen LogP contribution in [-0.2, 0) is 11.2 Å². The Morgan fingerprint density at radius 2 is 2.04 bits per heavy atom. The molecule has 1 aromatic heterocycles. The third-order valence-electron chi connectivity index (χ3n) is 5.62. The number of aromatic nitrogens is 1. The van der Waals surface area contributed by atoms with E-state index in [1.54, 1.807) is 11.1 Å². The molecule has 27 heavy (non-hydrogen) atoms. The highest BCUT2D eigenvalue weighted by Gasteiger charge is 2.31. The minimum Gasteiger partial charge on any atom is -0.357 e. The number of rotatable bonds is 9. The SMILES string of the molecule is CCNC(=NCC(=O)N(C)CCc1ccccn1)NCC1(CC)CCCC1. The van der Waals surface area contributed by atoms with Gasteiger partial charge in [-0.15, -0.1) is 0 Å². The topological polar surface area (TPSA) is 69.6 Å². The largest absolute Gasteiger partial charge is 0.357 e. The number of amides is 1. The number of nitrogens with one attached hydrogen (secondary N) is 2. The monoisotopic (exact) mass is 373 g/mol. The smallest absolute Gasteiger partial charge is 0.244 e. The van der Waals surface area contributed by atoms with E-state index in [1.807, 2.05) is 32.2 Å². The fourth-order valence-corrected chi connectivity index (χ4v) is 3.61. The lowest BCUT2D eigenvalue weighted by atomic mass is 9.83. The number of aliphatic imine (C=N–C) groups is 1. The van der Waals surface area contributed by atoms with Gasteiger partial charge in [-0.1, -0.05) is 25.8 Å². The predicted molar refractivity (Wildman–Crippen MR) is 111 cm³/mol. The maximum atomic E-state index is 12.4. The second-order valence-electron chi connectivity index (χ2n) is 7.50. The summed E-state index contributed by atoms with van der Waals surface area (Å²) in [6.07, 6.45) is 8.93. The molecule has 0 saturated heterocycles. The lowest BCUT2D eigenvalue weighted by molar-refractivity contribution is -0.128. The van der Waals surface area contributed by atoms with Gasteiger partial charge >= 0.3 is 0 Å². The van der Waals surface area contributed by atoms with Crippen molar-refractivity contribution in [3.8, 4) is 0 Å². The Balaban J connectivity index is 1.82. The number of carbonyl (C=O) groups is 1. The molecule has 2 N–H and O–H groups in total. The van der Waals surface area contributed by atoms with Gasteiger partial charge in [0.1, 0.15) is 6.54 Å². The number of hydrogen-bond donors (Lipinski definition) is 2. The highest BCUT2D eigenvalue weighted by Crippen LogP contribution is 2.40. The van der Waals surface area contributed by atoms with Gasteiger partial charge in [0, 0.05) is 45.0 Å². The van der Waals surface area contributed by atoms with Gasteiger partial charge in [-0.3, -0.25) is 9.78 Å². The van der Waals surface area contributed by atoms with Crippen LogP contribution in [0.3, 0.4) is 0 Å². The predicted octanol–water partition coefficient (Wildman–Crippen LogP) is 2.61. The summed E-state index contributed by atoms with van der Waals surface area (Å²) in [5.41, 5.74) is 1.39. The number of nitrogens with zero attached hydrogens (tertiary/aromatic N) is 3. The van der Waals surface area contributed by atoms with Crippen molar-refractivity contribution in [2.75, 3.05) is 33.2 Å². The Kier molecular flexibility index (Phi) is 8.55. The van der Waals surface area contributed by atoms with Crippen LogP contribution in [-0.4, -0.2) is 55.0 Å². The number of likely N-dealkylation sites (N-methyl/N-ethyl adjacent to an activating group) is 1. The zero-order valence-corrected chi connectivity index (χ0v) is 17.1. The standard InChI is InChI=1S/C21H35N5O/c1-4-21(12-7-8-13-21)17-25-20(22-5-2)24-16-19(27)26(3)15-11-18-10-6-9-14-23-18/h6,9-10,14H,4-5,7-8,11-13,15-17H2,1-3H3,(H2,22,24,25). The molecule has 1 heterocycles. The Morgan fingerprint density at radius 1 is 1.26 bits per heavy atom. The average Bonchev–Trinajstić information content (AvgIpc) is 3.18. The molecule has 0 aromatic carbocycles. The average molecular weight is 374 g/mol. The molecular weight excluding hydrogens is 338 g/mol. The van der Waals surface area contributed by atoms with Gasteiger partial charge in [0.05, 0.1) is 0 Å². The maximum Gasteiger partial charge on any atom is 0.244 e. The highest BCUT2D eigenvalue weighted by atomic mass is 16.2. The lowest BCUT2D eigenvalue weighted by Gasteiger charge is -2.28. The minimum absolute atomic E-state index is 0.0224. The molecule has 1 fully saturated rings. The Hall–Kier alpha value is -2.11. The summed E-state index contributed by atoms with van der Waals surface area (Å²) in [7, 11) is 1.83. The molecule has 1 amide bonds. The van der Waals surface area contributed by atoms with Crippen LogP contribution in [0.1, 0.15) is 51.6 Å². The zero-order chi connectivity index (χ0) is 19.5. The van der Waals surface area contributed by atoms with E-state index in [1.165, 1.54) is 32.1 Å². The molecule has 1 aromatic rings. The molecule has 1 aliphatic carbocycles. The molecule has 1 aliphatic rings. The number of pyridine rings is 1. The second kappa shape index (κ2) is 10.9. The summed E-state index contributed by atoms with van der Waals surface area (Å²) in [4.78, 5) is 22.9. The fraction of sp³-hybridized carbons (Fsp3) is 0.667. The van der Waals surface area contributed by atoms with Crippen LogP contribution in [0.5, 0.6) is 0 Å². The highest BCUT2D eigenvalue weighted by molar-refractivity contribution is 5.84. The molecule has 6 heteroatoms. The molecule has 0 aliphatic heterocycles. The molecule has 2 rings (SSSR count). The van der Waals surface area contributed by atoms with Crippen molar-refractivity contribution in [3.63, 3.8) is 0 Å². The van der Waals surface area contributed by atoms with Crippen molar-refractivity contribution >= 4 is 11.9 Å². The minimum atomic E-state index is 0.0224. The maximum absolute atomic E-state index is 12.4. The van der Waals surface area contributed by atoms with Crippen LogP contribution in [0.25, 0.3) is 0 Å². The Labute approximate surface area is 163 Å². The van der Waals surface area contributed by atoms with Gasteiger partial charge in [0.2, 0.25) is 5.91 Å². The van der Waals surface area contributed by atoms with Gasteiger partial charge in [-0.05, 0) is 43.7 Å². The molecule has 0 atom stereocenters. The van der Waals surface area contributed by atoms with E-state index in [-0.39, 0.29) is 12.5 Å². The number of carbonyl (C=O) groups excluding carboxylic acids is 1. The third kappa shape index (κ3) is 6.85. The first-order valence-electron chi connectivity index (χ1n) is 10.2. The fourth-order valence-electron chi connectivity index (χ4n) is 3.61. The molecule has 0 bridgehead atoms. The van der Waals surface area contributed by atoms with Gasteiger partial charge in [0.15, 0.2) is 5.96 Å². The summed E-state index contributed by atoms with van der Waals surface area (Å²) in [6, 6.07) is 5.85. The quantitative estimate of drug-likeness (QED) is 0.516. The summed E-state index contributed by atoms with van der Waals surface area (Å²) in [5.74, 6) is 0.762. The molecule has 1 saturated carbocycles. The normalized spacial score (nSPS) is 16.2. The molecule has 6 nitrogen and oxygen atoms in total. The van der Waals surface area contributed by atoms with E-state index in [9.17, 15) is 4.79 Å². The van der Waals surface area contributed by atoms with E-state index in [0.29, 0.717) is 12.0 Å². The third-order valence-corrected chi connectivity index (χ3v) is 5.62. The van der Waals surface area contributed by atoms with Crippen LogP contribution in [0, 0.1) is 5.41 Å². The molecular formula is C21H35N5O. The van der Waals surface area contributed by atoms with Crippen molar-refractivity contribution in [1.29, 1.82) is 0 Å². The van der Waals surface area contributed by atoms with Crippen molar-refractivity contribution in [2.45, 2.75) is 52.4 Å². The van der Waals surface area contributed by atoms with Crippen LogP contribution < -0.4 is 10.6 Å². The van der Waals surface area contributed by atoms with E-state index in [0.717, 1.165) is 31.2 Å². The Bertz CT molecular complexity index is 596. The lowest BCUT2D eigenvalue weighted by Crippen LogP contribution is -2.43. The van der Waals surface area contributed by atoms with E-state index in [2.05, 4.69) is 27.5 Å². The van der Waals surface area contributed by atoms with Crippen molar-refractivity contribution in [1.82, 2.24) is 20.5 Å². The van der Waals surface area contributed by atoms with Crippen LogP contribution in [0.15, 0.2) is 29.4 Å². The van der Waals surface area contributed by atoms with Crippen molar-refractivity contribution in [3.05, 3.63) is 30.1 Å². The summed E-state index contributed by atoms with van der Waals surface area (Å²) in [6.45, 7) is 6.84. The summed E-state index contributed by atoms with van der Waals surface area (Å²) >= 11 is 0. The van der Waals surface area contributed by atoms with Crippen molar-refractivity contribution in [2.24, 2.45) is 10.4 Å². The first-order chi connectivity index (χ1) is 13.1. The van der Waals surface area contributed by atoms with Crippen molar-refractivity contribution < 1.29 is 4.79 Å². The summed E-state index contributed by atoms with van der Waals surface area (Å²) in [5, 5.41) is 6.72.